The van der Waals surface area contributed by atoms with E-state index in [4.69, 9.17) is 21.1 Å². The molecule has 1 saturated carbocycles. The summed E-state index contributed by atoms with van der Waals surface area (Å²) in [5, 5.41) is 10.3. The number of halogens is 1. The first kappa shape index (κ1) is 27.5. The highest BCUT2D eigenvalue weighted by molar-refractivity contribution is 6.30. The Morgan fingerprint density at radius 3 is 2.50 bits per heavy atom. The molecule has 1 atom stereocenters. The Balaban J connectivity index is 1.52. The van der Waals surface area contributed by atoms with E-state index in [9.17, 15) is 19.5 Å². The van der Waals surface area contributed by atoms with Crippen LogP contribution in [0.15, 0.2) is 64.3 Å². The van der Waals surface area contributed by atoms with Gasteiger partial charge >= 0.3 is 11.7 Å². The maximum atomic E-state index is 12.2. The van der Waals surface area contributed by atoms with Crippen molar-refractivity contribution >= 4 is 17.6 Å². The van der Waals surface area contributed by atoms with Crippen molar-refractivity contribution in [2.24, 2.45) is 7.05 Å². The van der Waals surface area contributed by atoms with Gasteiger partial charge in [0.25, 0.3) is 5.56 Å². The summed E-state index contributed by atoms with van der Waals surface area (Å²) in [4.78, 5) is 38.3. The van der Waals surface area contributed by atoms with E-state index in [1.54, 1.807) is 32.4 Å². The molecule has 4 rings (SSSR count). The number of rotatable bonds is 12. The van der Waals surface area contributed by atoms with Crippen LogP contribution in [0.25, 0.3) is 0 Å². The van der Waals surface area contributed by atoms with Crippen molar-refractivity contribution in [1.82, 2.24) is 14.0 Å². The van der Waals surface area contributed by atoms with Gasteiger partial charge in [-0.3, -0.25) is 19.1 Å². The van der Waals surface area contributed by atoms with Gasteiger partial charge in [0.15, 0.2) is 11.5 Å². The molecule has 0 bridgehead atoms. The van der Waals surface area contributed by atoms with E-state index >= 15 is 0 Å². The molecule has 1 aliphatic carbocycles. The summed E-state index contributed by atoms with van der Waals surface area (Å²) in [5.74, 6) is 0.153. The maximum absolute atomic E-state index is 12.2. The lowest BCUT2D eigenvalue weighted by Crippen LogP contribution is -2.42. The molecule has 38 heavy (non-hydrogen) atoms. The van der Waals surface area contributed by atoms with Gasteiger partial charge in [-0.25, -0.2) is 4.79 Å². The number of methoxy groups -OCH3 is 1. The zero-order valence-corrected chi connectivity index (χ0v) is 22.3. The highest BCUT2D eigenvalue weighted by Gasteiger charge is 2.33. The number of benzene rings is 2. The standard InChI is InChI=1S/C28H32ClN3O6/c1-30-13-12-26(33)31(28(30)36)14-15-38-24-11-6-19(16-25(24)37-2)18-32(22-4-3-5-22)23(17-27(34)35)20-7-9-21(29)10-8-20/h6-13,16,22-23H,3-5,14-15,17-18H2,1-2H3,(H,34,35). The molecule has 1 fully saturated rings. The molecule has 202 valence electrons. The van der Waals surface area contributed by atoms with Crippen LogP contribution in [-0.4, -0.2) is 44.9 Å². The Bertz CT molecular complexity index is 1380. The van der Waals surface area contributed by atoms with E-state index in [2.05, 4.69) is 4.90 Å². The predicted molar refractivity (Wildman–Crippen MR) is 144 cm³/mol. The average molecular weight is 542 g/mol. The Morgan fingerprint density at radius 1 is 1.13 bits per heavy atom. The minimum atomic E-state index is -0.858. The molecule has 0 aliphatic heterocycles. The number of carboxylic acids is 1. The normalized spacial score (nSPS) is 14.2. The quantitative estimate of drug-likeness (QED) is 0.371. The van der Waals surface area contributed by atoms with Gasteiger partial charge < -0.3 is 19.1 Å². The molecule has 10 heteroatoms. The van der Waals surface area contributed by atoms with Crippen molar-refractivity contribution in [1.29, 1.82) is 0 Å². The minimum Gasteiger partial charge on any atom is -0.493 e. The molecule has 1 aromatic heterocycles. The van der Waals surface area contributed by atoms with Crippen LogP contribution in [0, 0.1) is 0 Å². The first-order chi connectivity index (χ1) is 18.3. The summed E-state index contributed by atoms with van der Waals surface area (Å²) in [5.41, 5.74) is 1.08. The van der Waals surface area contributed by atoms with Crippen LogP contribution in [0.1, 0.15) is 42.9 Å². The van der Waals surface area contributed by atoms with Gasteiger partial charge in [-0.2, -0.15) is 0 Å². The van der Waals surface area contributed by atoms with Crippen molar-refractivity contribution in [3.63, 3.8) is 0 Å². The lowest BCUT2D eigenvalue weighted by Gasteiger charge is -2.42. The number of aryl methyl sites for hydroxylation is 1. The average Bonchev–Trinajstić information content (AvgIpc) is 2.86. The summed E-state index contributed by atoms with van der Waals surface area (Å²) in [6.45, 7) is 0.752. The number of aliphatic carboxylic acids is 1. The van der Waals surface area contributed by atoms with Crippen LogP contribution in [0.4, 0.5) is 0 Å². The van der Waals surface area contributed by atoms with Gasteiger partial charge in [-0.15, -0.1) is 0 Å². The number of ether oxygens (including phenoxy) is 2. The van der Waals surface area contributed by atoms with Crippen LogP contribution in [0.3, 0.4) is 0 Å². The highest BCUT2D eigenvalue weighted by atomic mass is 35.5. The second-order valence-corrected chi connectivity index (χ2v) is 9.89. The molecule has 1 N–H and O–H groups in total. The predicted octanol–water partition coefficient (Wildman–Crippen LogP) is 3.86. The van der Waals surface area contributed by atoms with Crippen LogP contribution < -0.4 is 20.7 Å². The maximum Gasteiger partial charge on any atom is 0.330 e. The van der Waals surface area contributed by atoms with Gasteiger partial charge in [0, 0.05) is 43.0 Å². The lowest BCUT2D eigenvalue weighted by molar-refractivity contribution is -0.139. The van der Waals surface area contributed by atoms with Crippen molar-refractivity contribution < 1.29 is 19.4 Å². The van der Waals surface area contributed by atoms with Crippen LogP contribution >= 0.6 is 11.6 Å². The van der Waals surface area contributed by atoms with Crippen LogP contribution in [0.5, 0.6) is 11.5 Å². The molecule has 1 unspecified atom stereocenters. The largest absolute Gasteiger partial charge is 0.493 e. The van der Waals surface area contributed by atoms with Crippen molar-refractivity contribution in [2.45, 2.75) is 50.9 Å². The van der Waals surface area contributed by atoms with Crippen LogP contribution in [0.2, 0.25) is 5.02 Å². The SMILES string of the molecule is COc1cc(CN(C2CCC2)C(CC(=O)O)c2ccc(Cl)cc2)ccc1OCCn1c(=O)ccn(C)c1=O. The van der Waals surface area contributed by atoms with Gasteiger partial charge in [0.2, 0.25) is 0 Å². The number of aromatic nitrogens is 2. The van der Waals surface area contributed by atoms with Crippen molar-refractivity contribution in [3.05, 3.63) is 91.7 Å². The lowest BCUT2D eigenvalue weighted by atomic mass is 9.88. The fourth-order valence-corrected chi connectivity index (χ4v) is 4.82. The first-order valence-corrected chi connectivity index (χ1v) is 12.9. The van der Waals surface area contributed by atoms with Crippen molar-refractivity contribution in [3.8, 4) is 11.5 Å². The molecular formula is C28H32ClN3O6. The third-order valence-electron chi connectivity index (χ3n) is 6.97. The summed E-state index contributed by atoms with van der Waals surface area (Å²) in [6.07, 6.45) is 4.56. The Labute approximate surface area is 225 Å². The van der Waals surface area contributed by atoms with Crippen molar-refractivity contribution in [2.75, 3.05) is 13.7 Å². The van der Waals surface area contributed by atoms with Gasteiger partial charge in [-0.05, 0) is 48.2 Å². The molecule has 3 aromatic rings. The monoisotopic (exact) mass is 541 g/mol. The third kappa shape index (κ3) is 6.46. The number of carbonyl (C=O) groups is 1. The Kier molecular flexibility index (Phi) is 8.91. The molecule has 0 spiro atoms. The smallest absolute Gasteiger partial charge is 0.330 e. The van der Waals surface area contributed by atoms with E-state index in [1.807, 2.05) is 24.3 Å². The van der Waals surface area contributed by atoms with Crippen LogP contribution in [-0.2, 0) is 24.9 Å². The minimum absolute atomic E-state index is 0.0191. The van der Waals surface area contributed by atoms with Gasteiger partial charge in [-0.1, -0.05) is 36.2 Å². The zero-order valence-electron chi connectivity index (χ0n) is 21.5. The van der Waals surface area contributed by atoms with Gasteiger partial charge in [0.05, 0.1) is 20.1 Å². The molecule has 0 saturated heterocycles. The first-order valence-electron chi connectivity index (χ1n) is 12.6. The fourth-order valence-electron chi connectivity index (χ4n) is 4.70. The molecule has 0 radical (unpaired) electrons. The van der Waals surface area contributed by atoms with E-state index in [1.165, 1.54) is 16.8 Å². The molecule has 1 heterocycles. The number of nitrogens with zero attached hydrogens (tertiary/aromatic N) is 3. The number of hydrogen-bond donors (Lipinski definition) is 1. The van der Waals surface area contributed by atoms with E-state index in [-0.39, 0.29) is 37.2 Å². The second-order valence-electron chi connectivity index (χ2n) is 9.46. The summed E-state index contributed by atoms with van der Waals surface area (Å²) >= 11 is 6.08. The zero-order chi connectivity index (χ0) is 27.2. The molecule has 1 aliphatic rings. The van der Waals surface area contributed by atoms with E-state index < -0.39 is 11.7 Å². The Morgan fingerprint density at radius 2 is 1.87 bits per heavy atom. The Hall–Kier alpha value is -3.56. The molecule has 2 aromatic carbocycles. The fraction of sp³-hybridized carbons (Fsp3) is 0.393. The summed E-state index contributed by atoms with van der Waals surface area (Å²) < 4.78 is 13.9. The van der Waals surface area contributed by atoms with E-state index in [0.29, 0.717) is 23.1 Å². The van der Waals surface area contributed by atoms with Gasteiger partial charge in [0.1, 0.15) is 6.61 Å². The second kappa shape index (κ2) is 12.3. The third-order valence-corrected chi connectivity index (χ3v) is 7.22. The number of hydrogen-bond acceptors (Lipinski definition) is 6. The molecule has 0 amide bonds. The molecular weight excluding hydrogens is 510 g/mol. The summed E-state index contributed by atoms with van der Waals surface area (Å²) in [7, 11) is 3.13. The number of carboxylic acid groups (broad SMARTS) is 1. The van der Waals surface area contributed by atoms with E-state index in [0.717, 1.165) is 35.0 Å². The molecule has 9 nitrogen and oxygen atoms in total. The topological polar surface area (TPSA) is 103 Å². The summed E-state index contributed by atoms with van der Waals surface area (Å²) in [6, 6.07) is 14.3. The highest BCUT2D eigenvalue weighted by Crippen LogP contribution is 2.37.